The van der Waals surface area contributed by atoms with Crippen molar-refractivity contribution in [2.45, 2.75) is 33.2 Å². The van der Waals surface area contributed by atoms with Crippen LogP contribution < -0.4 is 4.74 Å². The maximum Gasteiger partial charge on any atom is 0.124 e. The highest BCUT2D eigenvalue weighted by Crippen LogP contribution is 2.22. The summed E-state index contributed by atoms with van der Waals surface area (Å²) in [6.45, 7) is 5.67. The molecule has 1 aromatic carbocycles. The summed E-state index contributed by atoms with van der Waals surface area (Å²) in [5.74, 6) is 1.66. The predicted octanol–water partition coefficient (Wildman–Crippen LogP) is 2.91. The summed E-state index contributed by atoms with van der Waals surface area (Å²) < 4.78 is 7.66. The largest absolute Gasteiger partial charge is 0.494 e. The van der Waals surface area contributed by atoms with Crippen LogP contribution >= 0.6 is 0 Å². The average molecular weight is 243 g/mol. The minimum atomic E-state index is 0.341. The average Bonchev–Trinajstić information content (AvgIpc) is 2.73. The monoisotopic (exact) mass is 243 g/mol. The van der Waals surface area contributed by atoms with E-state index in [1.165, 1.54) is 0 Å². The molecule has 1 heterocycles. The van der Waals surface area contributed by atoms with Crippen molar-refractivity contribution >= 4 is 11.0 Å². The van der Waals surface area contributed by atoms with Gasteiger partial charge in [0, 0.05) is 12.6 Å². The molecule has 0 spiro atoms. The molecule has 4 heteroatoms. The van der Waals surface area contributed by atoms with Crippen LogP contribution in [0.2, 0.25) is 0 Å². The molecule has 4 nitrogen and oxygen atoms in total. The van der Waals surface area contributed by atoms with Crippen LogP contribution in [0.4, 0.5) is 0 Å². The topological polar surface area (TPSA) is 50.8 Å². The highest BCUT2D eigenvalue weighted by Gasteiger charge is 2.09. The molecule has 0 unspecified atom stereocenters. The van der Waals surface area contributed by atoms with Gasteiger partial charge in [0.25, 0.3) is 0 Å². The van der Waals surface area contributed by atoms with Gasteiger partial charge in [-0.05, 0) is 25.5 Å². The highest BCUT2D eigenvalue weighted by molar-refractivity contribution is 5.77. The van der Waals surface area contributed by atoms with E-state index < -0.39 is 0 Å². The number of hydrogen-bond donors (Lipinski definition) is 0. The van der Waals surface area contributed by atoms with Crippen LogP contribution in [-0.4, -0.2) is 16.2 Å². The first kappa shape index (κ1) is 12.4. The minimum Gasteiger partial charge on any atom is -0.494 e. The van der Waals surface area contributed by atoms with E-state index in [0.717, 1.165) is 35.6 Å². The summed E-state index contributed by atoms with van der Waals surface area (Å²) in [6.07, 6.45) is 1.33. The van der Waals surface area contributed by atoms with E-state index >= 15 is 0 Å². The zero-order valence-electron chi connectivity index (χ0n) is 10.8. The van der Waals surface area contributed by atoms with Gasteiger partial charge in [0.2, 0.25) is 0 Å². The lowest BCUT2D eigenvalue weighted by atomic mass is 10.3. The maximum atomic E-state index is 8.81. The standard InChI is InChI=1S/C14H17N3O/c1-3-9-18-11-5-6-13-12(10-11)16-14(7-8-15)17(13)4-2/h5-6,10H,3-4,7,9H2,1-2H3. The lowest BCUT2D eigenvalue weighted by Gasteiger charge is -2.05. The van der Waals surface area contributed by atoms with Crippen molar-refractivity contribution in [3.8, 4) is 11.8 Å². The van der Waals surface area contributed by atoms with Gasteiger partial charge in [-0.25, -0.2) is 4.98 Å². The molecule has 0 fully saturated rings. The molecule has 0 bridgehead atoms. The Labute approximate surface area is 107 Å². The van der Waals surface area contributed by atoms with Gasteiger partial charge in [-0.1, -0.05) is 6.92 Å². The molecule has 18 heavy (non-hydrogen) atoms. The second kappa shape index (κ2) is 5.54. The number of imidazole rings is 1. The molecule has 0 N–H and O–H groups in total. The molecular formula is C14H17N3O. The summed E-state index contributed by atoms with van der Waals surface area (Å²) in [5.41, 5.74) is 1.96. The number of aromatic nitrogens is 2. The fourth-order valence-electron chi connectivity index (χ4n) is 2.03. The number of nitrogens with zero attached hydrogens (tertiary/aromatic N) is 3. The minimum absolute atomic E-state index is 0.341. The summed E-state index contributed by atoms with van der Waals surface area (Å²) in [7, 11) is 0. The fraction of sp³-hybridized carbons (Fsp3) is 0.429. The number of ether oxygens (including phenoxy) is 1. The maximum absolute atomic E-state index is 8.81. The van der Waals surface area contributed by atoms with Gasteiger partial charge in [-0.2, -0.15) is 5.26 Å². The summed E-state index contributed by atoms with van der Waals surface area (Å²) in [4.78, 5) is 4.50. The Hall–Kier alpha value is -2.02. The number of fused-ring (bicyclic) bond motifs is 1. The summed E-state index contributed by atoms with van der Waals surface area (Å²) >= 11 is 0. The molecule has 2 aromatic rings. The van der Waals surface area contributed by atoms with E-state index in [0.29, 0.717) is 13.0 Å². The molecule has 0 aliphatic carbocycles. The van der Waals surface area contributed by atoms with Crippen molar-refractivity contribution in [3.63, 3.8) is 0 Å². The Morgan fingerprint density at radius 1 is 1.39 bits per heavy atom. The van der Waals surface area contributed by atoms with Gasteiger partial charge in [-0.15, -0.1) is 0 Å². The third-order valence-electron chi connectivity index (χ3n) is 2.83. The third-order valence-corrected chi connectivity index (χ3v) is 2.83. The fourth-order valence-corrected chi connectivity index (χ4v) is 2.03. The van der Waals surface area contributed by atoms with Crippen molar-refractivity contribution in [2.24, 2.45) is 0 Å². The second-order valence-electron chi connectivity index (χ2n) is 4.11. The molecule has 0 radical (unpaired) electrons. The van der Waals surface area contributed by atoms with Crippen LogP contribution in [0.5, 0.6) is 5.75 Å². The molecule has 2 rings (SSSR count). The zero-order chi connectivity index (χ0) is 13.0. The molecule has 0 amide bonds. The van der Waals surface area contributed by atoms with E-state index in [2.05, 4.69) is 29.5 Å². The van der Waals surface area contributed by atoms with Crippen LogP contribution in [0.15, 0.2) is 18.2 Å². The number of hydrogen-bond acceptors (Lipinski definition) is 3. The smallest absolute Gasteiger partial charge is 0.124 e. The SMILES string of the molecule is CCCOc1ccc2c(c1)nc(CC#N)n2CC. The Bertz CT molecular complexity index is 580. The van der Waals surface area contributed by atoms with Crippen molar-refractivity contribution in [1.82, 2.24) is 9.55 Å². The van der Waals surface area contributed by atoms with E-state index in [9.17, 15) is 0 Å². The van der Waals surface area contributed by atoms with Gasteiger partial charge in [0.1, 0.15) is 11.6 Å². The van der Waals surface area contributed by atoms with Gasteiger partial charge in [0.05, 0.1) is 30.1 Å². The molecule has 0 aliphatic heterocycles. The number of rotatable bonds is 5. The first-order valence-electron chi connectivity index (χ1n) is 6.29. The summed E-state index contributed by atoms with van der Waals surface area (Å²) in [6, 6.07) is 8.07. The lowest BCUT2D eigenvalue weighted by Crippen LogP contribution is -2.00. The molecule has 1 aromatic heterocycles. The van der Waals surface area contributed by atoms with Crippen LogP contribution in [0.1, 0.15) is 26.1 Å². The zero-order valence-corrected chi connectivity index (χ0v) is 10.8. The Morgan fingerprint density at radius 3 is 2.89 bits per heavy atom. The summed E-state index contributed by atoms with van der Waals surface area (Å²) in [5, 5.41) is 8.81. The first-order valence-corrected chi connectivity index (χ1v) is 6.29. The van der Waals surface area contributed by atoms with Crippen molar-refractivity contribution in [2.75, 3.05) is 6.61 Å². The second-order valence-corrected chi connectivity index (χ2v) is 4.11. The van der Waals surface area contributed by atoms with Crippen molar-refractivity contribution in [3.05, 3.63) is 24.0 Å². The predicted molar refractivity (Wildman–Crippen MR) is 70.5 cm³/mol. The highest BCUT2D eigenvalue weighted by atomic mass is 16.5. The van der Waals surface area contributed by atoms with E-state index in [4.69, 9.17) is 10.00 Å². The number of aryl methyl sites for hydroxylation is 1. The molecular weight excluding hydrogens is 226 g/mol. The van der Waals surface area contributed by atoms with Gasteiger partial charge < -0.3 is 9.30 Å². The van der Waals surface area contributed by atoms with E-state index in [1.54, 1.807) is 0 Å². The lowest BCUT2D eigenvalue weighted by molar-refractivity contribution is 0.318. The van der Waals surface area contributed by atoms with E-state index in [1.807, 2.05) is 18.2 Å². The molecule has 0 saturated carbocycles. The first-order chi connectivity index (χ1) is 8.80. The van der Waals surface area contributed by atoms with Crippen LogP contribution in [-0.2, 0) is 13.0 Å². The van der Waals surface area contributed by atoms with Gasteiger partial charge in [0.15, 0.2) is 0 Å². The Morgan fingerprint density at radius 2 is 2.22 bits per heavy atom. The normalized spacial score (nSPS) is 10.5. The quantitative estimate of drug-likeness (QED) is 0.811. The number of benzene rings is 1. The Balaban J connectivity index is 2.42. The van der Waals surface area contributed by atoms with Crippen LogP contribution in [0, 0.1) is 11.3 Å². The van der Waals surface area contributed by atoms with Gasteiger partial charge >= 0.3 is 0 Å². The van der Waals surface area contributed by atoms with Crippen molar-refractivity contribution in [1.29, 1.82) is 5.26 Å². The van der Waals surface area contributed by atoms with Gasteiger partial charge in [-0.3, -0.25) is 0 Å². The molecule has 94 valence electrons. The van der Waals surface area contributed by atoms with E-state index in [-0.39, 0.29) is 0 Å². The Kier molecular flexibility index (Phi) is 3.83. The number of nitriles is 1. The molecule has 0 saturated heterocycles. The third kappa shape index (κ3) is 2.30. The molecule has 0 aliphatic rings. The van der Waals surface area contributed by atoms with Crippen LogP contribution in [0.25, 0.3) is 11.0 Å². The van der Waals surface area contributed by atoms with Crippen molar-refractivity contribution < 1.29 is 4.74 Å². The molecule has 0 atom stereocenters. The van der Waals surface area contributed by atoms with Crippen LogP contribution in [0.3, 0.4) is 0 Å².